The van der Waals surface area contributed by atoms with E-state index in [9.17, 15) is 9.59 Å². The minimum atomic E-state index is -1.18. The Morgan fingerprint density at radius 2 is 1.92 bits per heavy atom. The summed E-state index contributed by atoms with van der Waals surface area (Å²) in [5.41, 5.74) is 10.0. The Labute approximate surface area is 76.1 Å². The van der Waals surface area contributed by atoms with Gasteiger partial charge in [-0.1, -0.05) is 20.3 Å². The highest BCUT2D eigenvalue weighted by molar-refractivity contribution is 5.76. The van der Waals surface area contributed by atoms with Gasteiger partial charge in [0.05, 0.1) is 0 Å². The number of rotatable bonds is 3. The lowest BCUT2D eigenvalue weighted by molar-refractivity contribution is -0.233. The summed E-state index contributed by atoms with van der Waals surface area (Å²) in [7, 11) is 0. The molecular formula is C7H14N2O4. The minimum absolute atomic E-state index is 0.0380. The van der Waals surface area contributed by atoms with Gasteiger partial charge < -0.3 is 11.5 Å². The van der Waals surface area contributed by atoms with Crippen molar-refractivity contribution in [3.63, 3.8) is 0 Å². The zero-order chi connectivity index (χ0) is 10.4. The predicted octanol–water partition coefficient (Wildman–Crippen LogP) is -0.0867. The molecule has 6 nitrogen and oxygen atoms in total. The summed E-state index contributed by atoms with van der Waals surface area (Å²) < 4.78 is 0. The Hall–Kier alpha value is -1.30. The number of amides is 1. The fraction of sp³-hybridized carbons (Fsp3) is 0.714. The largest absolute Gasteiger partial charge is 0.447 e. The van der Waals surface area contributed by atoms with Crippen molar-refractivity contribution < 1.29 is 19.4 Å². The third kappa shape index (κ3) is 4.32. The van der Waals surface area contributed by atoms with E-state index in [-0.39, 0.29) is 5.92 Å². The molecule has 76 valence electrons. The summed E-state index contributed by atoms with van der Waals surface area (Å²) in [5.74, 6) is -0.836. The standard InChI is InChI=1S/C7H14N2O4/c1-3-4(2)5(8)6(10)12-13-7(9)11/h4-5H,3,8H2,1-2H3,(H2,9,11)/t4-,5-/m0/s1. The highest BCUT2D eigenvalue weighted by Gasteiger charge is 2.22. The Balaban J connectivity index is 3.89. The SMILES string of the molecule is CC[C@H](C)[C@H](N)C(=O)OOC(N)=O. The first-order valence-corrected chi connectivity index (χ1v) is 3.92. The van der Waals surface area contributed by atoms with Crippen LogP contribution in [0.25, 0.3) is 0 Å². The number of nitrogens with two attached hydrogens (primary N) is 2. The van der Waals surface area contributed by atoms with Crippen molar-refractivity contribution >= 4 is 12.1 Å². The van der Waals surface area contributed by atoms with E-state index >= 15 is 0 Å². The summed E-state index contributed by atoms with van der Waals surface area (Å²) in [4.78, 5) is 28.9. The summed E-state index contributed by atoms with van der Waals surface area (Å²) in [6.07, 6.45) is -0.447. The molecule has 0 unspecified atom stereocenters. The number of hydrogen-bond donors (Lipinski definition) is 2. The molecule has 0 fully saturated rings. The highest BCUT2D eigenvalue weighted by atomic mass is 17.2. The number of carbonyl (C=O) groups is 2. The zero-order valence-corrected chi connectivity index (χ0v) is 7.65. The normalized spacial score (nSPS) is 14.4. The van der Waals surface area contributed by atoms with Crippen molar-refractivity contribution in [2.75, 3.05) is 0 Å². The van der Waals surface area contributed by atoms with Crippen LogP contribution in [0.4, 0.5) is 4.79 Å². The first-order chi connectivity index (χ1) is 5.99. The zero-order valence-electron chi connectivity index (χ0n) is 7.65. The van der Waals surface area contributed by atoms with Crippen LogP contribution in [0.1, 0.15) is 20.3 Å². The third-order valence-corrected chi connectivity index (χ3v) is 1.74. The van der Waals surface area contributed by atoms with Crippen molar-refractivity contribution in [1.82, 2.24) is 0 Å². The van der Waals surface area contributed by atoms with Crippen LogP contribution in [-0.4, -0.2) is 18.1 Å². The molecule has 0 aromatic heterocycles. The molecule has 0 aromatic carbocycles. The van der Waals surface area contributed by atoms with E-state index in [1.54, 1.807) is 6.92 Å². The molecule has 0 radical (unpaired) electrons. The van der Waals surface area contributed by atoms with Gasteiger partial charge in [-0.25, -0.2) is 19.4 Å². The van der Waals surface area contributed by atoms with Crippen LogP contribution < -0.4 is 11.5 Å². The van der Waals surface area contributed by atoms with Crippen LogP contribution in [0.5, 0.6) is 0 Å². The molecule has 0 bridgehead atoms. The third-order valence-electron chi connectivity index (χ3n) is 1.74. The Morgan fingerprint density at radius 3 is 2.31 bits per heavy atom. The van der Waals surface area contributed by atoms with Gasteiger partial charge in [-0.3, -0.25) is 0 Å². The van der Waals surface area contributed by atoms with Crippen molar-refractivity contribution in [3.8, 4) is 0 Å². The van der Waals surface area contributed by atoms with Crippen LogP contribution in [0.2, 0.25) is 0 Å². The van der Waals surface area contributed by atoms with Gasteiger partial charge in [0.1, 0.15) is 6.04 Å². The number of primary amides is 1. The first-order valence-electron chi connectivity index (χ1n) is 3.92. The van der Waals surface area contributed by atoms with E-state index in [2.05, 4.69) is 15.5 Å². The quantitative estimate of drug-likeness (QED) is 0.478. The van der Waals surface area contributed by atoms with Crippen molar-refractivity contribution in [1.29, 1.82) is 0 Å². The number of hydrogen-bond acceptors (Lipinski definition) is 5. The van der Waals surface area contributed by atoms with Crippen molar-refractivity contribution in [3.05, 3.63) is 0 Å². The monoisotopic (exact) mass is 190 g/mol. The molecule has 0 saturated carbocycles. The lowest BCUT2D eigenvalue weighted by Gasteiger charge is -2.14. The molecule has 6 heteroatoms. The van der Waals surface area contributed by atoms with Gasteiger partial charge in [0.25, 0.3) is 0 Å². The van der Waals surface area contributed by atoms with E-state index in [0.717, 1.165) is 6.42 Å². The van der Waals surface area contributed by atoms with E-state index in [0.29, 0.717) is 0 Å². The second-order valence-corrected chi connectivity index (χ2v) is 2.72. The maximum atomic E-state index is 11.0. The van der Waals surface area contributed by atoms with Crippen molar-refractivity contribution in [2.24, 2.45) is 17.4 Å². The van der Waals surface area contributed by atoms with Crippen LogP contribution in [-0.2, 0) is 14.6 Å². The van der Waals surface area contributed by atoms with E-state index in [1.165, 1.54) is 0 Å². The molecule has 1 amide bonds. The van der Waals surface area contributed by atoms with Crippen LogP contribution in [0, 0.1) is 5.92 Å². The van der Waals surface area contributed by atoms with Crippen molar-refractivity contribution in [2.45, 2.75) is 26.3 Å². The van der Waals surface area contributed by atoms with Crippen LogP contribution >= 0.6 is 0 Å². The second kappa shape index (κ2) is 5.36. The smallest absolute Gasteiger partial charge is 0.332 e. The average molecular weight is 190 g/mol. The average Bonchev–Trinajstić information content (AvgIpc) is 2.11. The van der Waals surface area contributed by atoms with Crippen LogP contribution in [0.15, 0.2) is 0 Å². The molecule has 0 rings (SSSR count). The van der Waals surface area contributed by atoms with E-state index in [4.69, 9.17) is 5.73 Å². The summed E-state index contributed by atoms with van der Waals surface area (Å²) in [6, 6.07) is -0.802. The second-order valence-electron chi connectivity index (χ2n) is 2.72. The predicted molar refractivity (Wildman–Crippen MR) is 44.2 cm³/mol. The van der Waals surface area contributed by atoms with Gasteiger partial charge in [-0.15, -0.1) is 0 Å². The lowest BCUT2D eigenvalue weighted by atomic mass is 10.0. The molecule has 0 heterocycles. The molecule has 13 heavy (non-hydrogen) atoms. The molecule has 4 N–H and O–H groups in total. The summed E-state index contributed by atoms with van der Waals surface area (Å²) in [6.45, 7) is 3.67. The van der Waals surface area contributed by atoms with E-state index < -0.39 is 18.1 Å². The highest BCUT2D eigenvalue weighted by Crippen LogP contribution is 2.06. The Bertz CT molecular complexity index is 195. The molecule has 2 atom stereocenters. The minimum Gasteiger partial charge on any atom is -0.332 e. The summed E-state index contributed by atoms with van der Waals surface area (Å²) in [5, 5.41) is 0. The molecule has 0 saturated heterocycles. The Morgan fingerprint density at radius 1 is 1.38 bits per heavy atom. The van der Waals surface area contributed by atoms with Gasteiger partial charge >= 0.3 is 12.1 Å². The molecule has 0 aliphatic carbocycles. The topological polar surface area (TPSA) is 105 Å². The fourth-order valence-electron chi connectivity index (χ4n) is 0.624. The molecule has 0 aromatic rings. The van der Waals surface area contributed by atoms with Crippen LogP contribution in [0.3, 0.4) is 0 Å². The maximum absolute atomic E-state index is 11.0. The lowest BCUT2D eigenvalue weighted by Crippen LogP contribution is -2.38. The molecule has 0 spiro atoms. The first kappa shape index (κ1) is 11.7. The molecule has 0 aliphatic heterocycles. The van der Waals surface area contributed by atoms with Gasteiger partial charge in [0, 0.05) is 0 Å². The van der Waals surface area contributed by atoms with Gasteiger partial charge in [0.15, 0.2) is 0 Å². The molecule has 0 aliphatic rings. The van der Waals surface area contributed by atoms with Gasteiger partial charge in [-0.2, -0.15) is 0 Å². The van der Waals surface area contributed by atoms with Gasteiger partial charge in [0.2, 0.25) is 0 Å². The Kier molecular flexibility index (Phi) is 4.83. The van der Waals surface area contributed by atoms with E-state index in [1.807, 2.05) is 6.92 Å². The molecular weight excluding hydrogens is 176 g/mol. The fourth-order valence-corrected chi connectivity index (χ4v) is 0.624. The summed E-state index contributed by atoms with van der Waals surface area (Å²) >= 11 is 0. The number of carbonyl (C=O) groups excluding carboxylic acids is 2. The maximum Gasteiger partial charge on any atom is 0.447 e. The van der Waals surface area contributed by atoms with Gasteiger partial charge in [-0.05, 0) is 5.92 Å².